The van der Waals surface area contributed by atoms with Gasteiger partial charge in [0.15, 0.2) is 0 Å². The van der Waals surface area contributed by atoms with Crippen molar-refractivity contribution < 1.29 is 23.9 Å². The van der Waals surface area contributed by atoms with Crippen molar-refractivity contribution in [2.75, 3.05) is 11.9 Å². The second-order valence-corrected chi connectivity index (χ2v) is 15.9. The van der Waals surface area contributed by atoms with Gasteiger partial charge in [-0.05, 0) is 66.9 Å². The van der Waals surface area contributed by atoms with E-state index in [1.54, 1.807) is 5.92 Å². The molecular weight excluding hydrogens is 472 g/mol. The summed E-state index contributed by atoms with van der Waals surface area (Å²) in [5.41, 5.74) is 1.84. The minimum Gasteiger partial charge on any atom is -0.542 e. The van der Waals surface area contributed by atoms with E-state index in [4.69, 9.17) is 9.53 Å². The van der Waals surface area contributed by atoms with E-state index in [2.05, 4.69) is 71.3 Å². The molecule has 2 atom stereocenters. The summed E-state index contributed by atoms with van der Waals surface area (Å²) in [6.07, 6.45) is 3.84. The molecule has 2 amide bonds. The number of rotatable bonds is 12. The summed E-state index contributed by atoms with van der Waals surface area (Å²) in [5, 5.41) is 14.0. The molecule has 1 unspecified atom stereocenters. The van der Waals surface area contributed by atoms with Crippen molar-refractivity contribution in [3.8, 4) is 17.6 Å². The lowest BCUT2D eigenvalue weighted by molar-refractivity contribution is -0.130. The summed E-state index contributed by atoms with van der Waals surface area (Å²) in [5.74, 6) is 3.41. The van der Waals surface area contributed by atoms with Crippen molar-refractivity contribution in [2.45, 2.75) is 91.8 Å². The van der Waals surface area contributed by atoms with Crippen LogP contribution in [0.3, 0.4) is 0 Å². The molecule has 8 heteroatoms. The van der Waals surface area contributed by atoms with E-state index in [-0.39, 0.29) is 23.9 Å². The highest BCUT2D eigenvalue weighted by molar-refractivity contribution is 6.74. The highest BCUT2D eigenvalue weighted by atomic mass is 28.4. The van der Waals surface area contributed by atoms with Crippen LogP contribution >= 0.6 is 0 Å². The molecule has 0 saturated heterocycles. The van der Waals surface area contributed by atoms with Gasteiger partial charge in [0.05, 0.1) is 5.69 Å². The molecule has 0 fully saturated rings. The second-order valence-electron chi connectivity index (χ2n) is 11.2. The molecule has 7 nitrogen and oxygen atoms in total. The van der Waals surface area contributed by atoms with Gasteiger partial charge >= 0.3 is 5.97 Å². The fourth-order valence-electron chi connectivity index (χ4n) is 3.48. The van der Waals surface area contributed by atoms with Gasteiger partial charge in [-0.3, -0.25) is 9.59 Å². The average molecular weight is 517 g/mol. The molecule has 0 spiro atoms. The van der Waals surface area contributed by atoms with Crippen LogP contribution in [0, 0.1) is 23.7 Å². The SMILES string of the molecule is CCC(C)C[C@@H](C)Cc1ccc(O[Si](C)(C)C(C)(C)C)c(NC(=O)CCCNC(=O)C#CC(=O)O)c1. The van der Waals surface area contributed by atoms with Crippen molar-refractivity contribution in [3.63, 3.8) is 0 Å². The van der Waals surface area contributed by atoms with Crippen molar-refractivity contribution in [1.29, 1.82) is 0 Å². The third-order valence-electron chi connectivity index (χ3n) is 6.72. The minimum atomic E-state index is -2.12. The monoisotopic (exact) mass is 516 g/mol. The van der Waals surface area contributed by atoms with E-state index in [1.807, 2.05) is 18.1 Å². The van der Waals surface area contributed by atoms with Crippen molar-refractivity contribution in [2.24, 2.45) is 11.8 Å². The average Bonchev–Trinajstić information content (AvgIpc) is 2.76. The molecule has 36 heavy (non-hydrogen) atoms. The third-order valence-corrected chi connectivity index (χ3v) is 11.1. The van der Waals surface area contributed by atoms with E-state index in [0.717, 1.165) is 24.8 Å². The van der Waals surface area contributed by atoms with Gasteiger partial charge in [-0.15, -0.1) is 0 Å². The first kappa shape index (κ1) is 31.2. The van der Waals surface area contributed by atoms with Crippen LogP contribution in [-0.2, 0) is 20.8 Å². The number of carboxylic acid groups (broad SMARTS) is 1. The Kier molecular flexibility index (Phi) is 12.2. The number of hydrogen-bond donors (Lipinski definition) is 3. The molecule has 0 saturated carbocycles. The number of hydrogen-bond acceptors (Lipinski definition) is 4. The van der Waals surface area contributed by atoms with Crippen LogP contribution in [0.4, 0.5) is 5.69 Å². The number of carbonyl (C=O) groups is 3. The lowest BCUT2D eigenvalue weighted by Crippen LogP contribution is -2.44. The molecule has 200 valence electrons. The quantitative estimate of drug-likeness (QED) is 0.190. The number of nitrogens with one attached hydrogen (secondary N) is 2. The van der Waals surface area contributed by atoms with Gasteiger partial charge in [-0.2, -0.15) is 0 Å². The summed E-state index contributed by atoms with van der Waals surface area (Å²) in [6, 6.07) is 6.10. The lowest BCUT2D eigenvalue weighted by atomic mass is 9.90. The second kappa shape index (κ2) is 14.1. The van der Waals surface area contributed by atoms with Crippen molar-refractivity contribution in [3.05, 3.63) is 23.8 Å². The maximum absolute atomic E-state index is 12.7. The predicted molar refractivity (Wildman–Crippen MR) is 147 cm³/mol. The molecular formula is C28H44N2O5Si. The number of aliphatic carboxylic acids is 1. The van der Waals surface area contributed by atoms with Crippen LogP contribution in [0.15, 0.2) is 18.2 Å². The standard InChI is InChI=1S/C28H44N2O5Si/c1-9-20(2)17-21(3)18-22-12-13-24(35-36(7,8)28(4,5)6)23(19-22)30-26(32)11-10-16-29-25(31)14-15-27(33)34/h12-13,19-21H,9-11,16-18H2,1-8H3,(H,29,31)(H,30,32)(H,33,34)/t20?,21-/m1/s1. The van der Waals surface area contributed by atoms with Crippen LogP contribution < -0.4 is 15.1 Å². The van der Waals surface area contributed by atoms with Crippen LogP contribution in [0.1, 0.15) is 72.8 Å². The van der Waals surface area contributed by atoms with Crippen molar-refractivity contribution >= 4 is 31.8 Å². The van der Waals surface area contributed by atoms with Gasteiger partial charge in [-0.1, -0.05) is 54.0 Å². The van der Waals surface area contributed by atoms with Gasteiger partial charge in [0.25, 0.3) is 14.2 Å². The predicted octanol–water partition coefficient (Wildman–Crippen LogP) is 5.61. The van der Waals surface area contributed by atoms with Gasteiger partial charge in [0.1, 0.15) is 5.75 Å². The van der Waals surface area contributed by atoms with E-state index < -0.39 is 20.2 Å². The van der Waals surface area contributed by atoms with Gasteiger partial charge in [0.2, 0.25) is 5.91 Å². The molecule has 1 aromatic carbocycles. The van der Waals surface area contributed by atoms with E-state index >= 15 is 0 Å². The number of carboxylic acids is 1. The zero-order valence-electron chi connectivity index (χ0n) is 23.2. The van der Waals surface area contributed by atoms with Gasteiger partial charge in [0, 0.05) is 24.8 Å². The van der Waals surface area contributed by atoms with E-state index in [0.29, 0.717) is 29.7 Å². The number of benzene rings is 1. The maximum Gasteiger partial charge on any atom is 0.382 e. The Morgan fingerprint density at radius 2 is 1.78 bits per heavy atom. The van der Waals surface area contributed by atoms with Crippen molar-refractivity contribution in [1.82, 2.24) is 5.32 Å². The Morgan fingerprint density at radius 1 is 1.11 bits per heavy atom. The van der Waals surface area contributed by atoms with Gasteiger partial charge < -0.3 is 20.2 Å². The molecule has 0 aliphatic rings. The first-order valence-electron chi connectivity index (χ1n) is 12.8. The molecule has 0 bridgehead atoms. The third kappa shape index (κ3) is 11.3. The minimum absolute atomic E-state index is 0.0134. The molecule has 0 aliphatic carbocycles. The fraction of sp³-hybridized carbons (Fsp3) is 0.607. The Labute approximate surface area is 217 Å². The fourth-order valence-corrected chi connectivity index (χ4v) is 4.51. The van der Waals surface area contributed by atoms with Crippen LogP contribution in [-0.4, -0.2) is 37.8 Å². The summed E-state index contributed by atoms with van der Waals surface area (Å²) in [6.45, 7) is 17.9. The highest BCUT2D eigenvalue weighted by Crippen LogP contribution is 2.40. The number of amides is 2. The zero-order chi connectivity index (χ0) is 27.5. The Morgan fingerprint density at radius 3 is 2.36 bits per heavy atom. The Hall–Kier alpha value is -2.79. The number of carbonyl (C=O) groups excluding carboxylic acids is 2. The summed E-state index contributed by atoms with van der Waals surface area (Å²) < 4.78 is 6.55. The summed E-state index contributed by atoms with van der Waals surface area (Å²) >= 11 is 0. The zero-order valence-corrected chi connectivity index (χ0v) is 24.2. The maximum atomic E-state index is 12.7. The summed E-state index contributed by atoms with van der Waals surface area (Å²) in [4.78, 5) is 34.6. The first-order valence-corrected chi connectivity index (χ1v) is 15.7. The molecule has 0 aliphatic heterocycles. The Bertz CT molecular complexity index is 972. The van der Waals surface area contributed by atoms with Crippen LogP contribution in [0.2, 0.25) is 18.1 Å². The molecule has 0 heterocycles. The largest absolute Gasteiger partial charge is 0.542 e. The van der Waals surface area contributed by atoms with Crippen LogP contribution in [0.25, 0.3) is 0 Å². The van der Waals surface area contributed by atoms with E-state index in [9.17, 15) is 14.4 Å². The highest BCUT2D eigenvalue weighted by Gasteiger charge is 2.39. The number of anilines is 1. The normalized spacial score (nSPS) is 13.1. The summed E-state index contributed by atoms with van der Waals surface area (Å²) in [7, 11) is -2.12. The molecule has 0 radical (unpaired) electrons. The first-order chi connectivity index (χ1) is 16.6. The van der Waals surface area contributed by atoms with E-state index in [1.165, 1.54) is 0 Å². The molecule has 0 aromatic heterocycles. The molecule has 3 N–H and O–H groups in total. The van der Waals surface area contributed by atoms with Crippen LogP contribution in [0.5, 0.6) is 5.75 Å². The van der Waals surface area contributed by atoms with Gasteiger partial charge in [-0.25, -0.2) is 4.79 Å². The topological polar surface area (TPSA) is 105 Å². The lowest BCUT2D eigenvalue weighted by Gasteiger charge is -2.37. The Balaban J connectivity index is 2.94. The molecule has 1 rings (SSSR count). The molecule has 1 aromatic rings. The smallest absolute Gasteiger partial charge is 0.382 e.